The van der Waals surface area contributed by atoms with Crippen LogP contribution in [0.4, 0.5) is 0 Å². The fraction of sp³-hybridized carbons (Fsp3) is 0.292. The smallest absolute Gasteiger partial charge is 0.217 e. The summed E-state index contributed by atoms with van der Waals surface area (Å²) in [6.07, 6.45) is 4.88. The molecule has 5 aromatic rings. The highest BCUT2D eigenvalue weighted by Gasteiger charge is 2.18. The maximum atomic E-state index is 5.98. The standard InChI is InChI=1S/C24H24N4O2S/c1-4-6-16-7-9-17(10-8-16)29-13-18-11-12-20(30-18)22-26-23-21-19(5-2)15(3)31-24(21)25-14-28(23)27-22/h7-12,14H,4-6,13H2,1-3H3. The summed E-state index contributed by atoms with van der Waals surface area (Å²) in [4.78, 5) is 11.6. The summed E-state index contributed by atoms with van der Waals surface area (Å²) in [6, 6.07) is 12.0. The first-order chi connectivity index (χ1) is 15.2. The van der Waals surface area contributed by atoms with Crippen molar-refractivity contribution >= 4 is 27.2 Å². The van der Waals surface area contributed by atoms with Gasteiger partial charge in [0, 0.05) is 4.88 Å². The molecule has 0 unspecified atom stereocenters. The normalized spacial score (nSPS) is 11.6. The van der Waals surface area contributed by atoms with Gasteiger partial charge in [-0.1, -0.05) is 32.4 Å². The van der Waals surface area contributed by atoms with Gasteiger partial charge < -0.3 is 9.15 Å². The van der Waals surface area contributed by atoms with Crippen LogP contribution in [0.25, 0.3) is 27.4 Å². The highest BCUT2D eigenvalue weighted by molar-refractivity contribution is 7.18. The first kappa shape index (κ1) is 19.8. The number of fused-ring (bicyclic) bond motifs is 3. The molecular weight excluding hydrogens is 408 g/mol. The summed E-state index contributed by atoms with van der Waals surface area (Å²) in [6.45, 7) is 6.83. The fourth-order valence-electron chi connectivity index (χ4n) is 3.87. The number of thiophene rings is 1. The van der Waals surface area contributed by atoms with E-state index in [1.54, 1.807) is 22.2 Å². The van der Waals surface area contributed by atoms with Gasteiger partial charge in [-0.25, -0.2) is 14.5 Å². The van der Waals surface area contributed by atoms with Gasteiger partial charge in [-0.15, -0.1) is 16.4 Å². The number of rotatable bonds is 7. The third kappa shape index (κ3) is 3.70. The zero-order valence-corrected chi connectivity index (χ0v) is 18.7. The molecule has 0 radical (unpaired) electrons. The van der Waals surface area contributed by atoms with E-state index in [1.807, 2.05) is 24.3 Å². The number of aryl methyl sites for hydroxylation is 3. The van der Waals surface area contributed by atoms with Gasteiger partial charge in [-0.05, 0) is 55.2 Å². The molecule has 0 aliphatic carbocycles. The third-order valence-corrected chi connectivity index (χ3v) is 6.46. The van der Waals surface area contributed by atoms with Crippen LogP contribution < -0.4 is 4.74 Å². The molecule has 0 saturated heterocycles. The topological polar surface area (TPSA) is 65.5 Å². The van der Waals surface area contributed by atoms with E-state index < -0.39 is 0 Å². The fourth-order valence-corrected chi connectivity index (χ4v) is 4.94. The van der Waals surface area contributed by atoms with Gasteiger partial charge in [-0.3, -0.25) is 0 Å². The zero-order chi connectivity index (χ0) is 21.4. The van der Waals surface area contributed by atoms with E-state index in [4.69, 9.17) is 14.1 Å². The molecule has 0 saturated carbocycles. The lowest BCUT2D eigenvalue weighted by atomic mass is 10.1. The first-order valence-corrected chi connectivity index (χ1v) is 11.4. The van der Waals surface area contributed by atoms with Crippen LogP contribution >= 0.6 is 11.3 Å². The lowest BCUT2D eigenvalue weighted by Gasteiger charge is -2.05. The summed E-state index contributed by atoms with van der Waals surface area (Å²) < 4.78 is 13.6. The number of furan rings is 1. The largest absolute Gasteiger partial charge is 0.486 e. The molecule has 0 spiro atoms. The molecule has 0 amide bonds. The summed E-state index contributed by atoms with van der Waals surface area (Å²) >= 11 is 1.70. The second-order valence-corrected chi connectivity index (χ2v) is 8.77. The summed E-state index contributed by atoms with van der Waals surface area (Å²) in [7, 11) is 0. The average molecular weight is 433 g/mol. The number of nitrogens with zero attached hydrogens (tertiary/aromatic N) is 4. The van der Waals surface area contributed by atoms with Crippen molar-refractivity contribution in [3.8, 4) is 17.3 Å². The van der Waals surface area contributed by atoms with Crippen LogP contribution in [0.15, 0.2) is 47.1 Å². The van der Waals surface area contributed by atoms with Crippen molar-refractivity contribution in [2.45, 2.75) is 46.6 Å². The van der Waals surface area contributed by atoms with Gasteiger partial charge in [0.15, 0.2) is 11.4 Å². The zero-order valence-electron chi connectivity index (χ0n) is 17.9. The Labute approximate surface area is 184 Å². The number of ether oxygens (including phenoxy) is 1. The Balaban J connectivity index is 1.38. The van der Waals surface area contributed by atoms with Crippen LogP contribution in [0.5, 0.6) is 5.75 Å². The summed E-state index contributed by atoms with van der Waals surface area (Å²) in [5, 5.41) is 5.68. The van der Waals surface area contributed by atoms with Gasteiger partial charge in [0.2, 0.25) is 5.82 Å². The Bertz CT molecular complexity index is 1350. The molecule has 0 aliphatic rings. The van der Waals surface area contributed by atoms with E-state index in [1.165, 1.54) is 16.0 Å². The Morgan fingerprint density at radius 2 is 1.94 bits per heavy atom. The molecule has 6 nitrogen and oxygen atoms in total. The molecule has 0 aliphatic heterocycles. The average Bonchev–Trinajstić information content (AvgIpc) is 3.49. The minimum atomic E-state index is 0.357. The lowest BCUT2D eigenvalue weighted by molar-refractivity contribution is 0.271. The maximum absolute atomic E-state index is 5.98. The Hall–Kier alpha value is -3.19. The number of benzene rings is 1. The molecule has 0 N–H and O–H groups in total. The summed E-state index contributed by atoms with van der Waals surface area (Å²) in [5.74, 6) is 2.74. The molecule has 0 fully saturated rings. The van der Waals surface area contributed by atoms with Crippen molar-refractivity contribution in [3.05, 3.63) is 64.5 Å². The Morgan fingerprint density at radius 1 is 1.10 bits per heavy atom. The first-order valence-electron chi connectivity index (χ1n) is 10.6. The van der Waals surface area contributed by atoms with E-state index in [-0.39, 0.29) is 0 Å². The van der Waals surface area contributed by atoms with Crippen molar-refractivity contribution in [3.63, 3.8) is 0 Å². The van der Waals surface area contributed by atoms with Crippen LogP contribution in [0.3, 0.4) is 0 Å². The second kappa shape index (κ2) is 8.15. The maximum Gasteiger partial charge on any atom is 0.217 e. The van der Waals surface area contributed by atoms with Crippen molar-refractivity contribution < 1.29 is 9.15 Å². The molecule has 5 rings (SSSR count). The van der Waals surface area contributed by atoms with E-state index in [2.05, 4.69) is 43.0 Å². The number of aromatic nitrogens is 4. The van der Waals surface area contributed by atoms with Crippen molar-refractivity contribution in [2.24, 2.45) is 0 Å². The Morgan fingerprint density at radius 3 is 2.71 bits per heavy atom. The predicted molar refractivity (Wildman–Crippen MR) is 123 cm³/mol. The monoisotopic (exact) mass is 432 g/mol. The second-order valence-electron chi connectivity index (χ2n) is 7.57. The van der Waals surface area contributed by atoms with E-state index >= 15 is 0 Å². The summed E-state index contributed by atoms with van der Waals surface area (Å²) in [5.41, 5.74) is 3.43. The highest BCUT2D eigenvalue weighted by atomic mass is 32.1. The molecule has 0 atom stereocenters. The quantitative estimate of drug-likeness (QED) is 0.315. The van der Waals surface area contributed by atoms with Crippen molar-refractivity contribution in [1.29, 1.82) is 0 Å². The number of hydrogen-bond acceptors (Lipinski definition) is 6. The molecule has 4 aromatic heterocycles. The van der Waals surface area contributed by atoms with Gasteiger partial charge in [0.25, 0.3) is 0 Å². The Kier molecular flexibility index (Phi) is 5.19. The lowest BCUT2D eigenvalue weighted by Crippen LogP contribution is -1.94. The molecular formula is C24H24N4O2S. The van der Waals surface area contributed by atoms with E-state index in [0.29, 0.717) is 18.2 Å². The highest BCUT2D eigenvalue weighted by Crippen LogP contribution is 2.33. The SMILES string of the molecule is CCCc1ccc(OCc2ccc(-c3nc4c5c(CC)c(C)sc5ncn4n3)o2)cc1. The van der Waals surface area contributed by atoms with Crippen LogP contribution in [-0.4, -0.2) is 19.6 Å². The minimum absolute atomic E-state index is 0.357. The number of hydrogen-bond donors (Lipinski definition) is 0. The third-order valence-electron chi connectivity index (χ3n) is 5.41. The van der Waals surface area contributed by atoms with Gasteiger partial charge in [0.05, 0.1) is 5.39 Å². The predicted octanol–water partition coefficient (Wildman–Crippen LogP) is 6.00. The minimum Gasteiger partial charge on any atom is -0.486 e. The van der Waals surface area contributed by atoms with Crippen LogP contribution in [0.2, 0.25) is 0 Å². The van der Waals surface area contributed by atoms with Crippen LogP contribution in [0.1, 0.15) is 42.0 Å². The molecule has 31 heavy (non-hydrogen) atoms. The van der Waals surface area contributed by atoms with Crippen LogP contribution in [-0.2, 0) is 19.4 Å². The van der Waals surface area contributed by atoms with Gasteiger partial charge in [-0.2, -0.15) is 0 Å². The molecule has 0 bridgehead atoms. The van der Waals surface area contributed by atoms with Crippen molar-refractivity contribution in [2.75, 3.05) is 0 Å². The molecule has 4 heterocycles. The van der Waals surface area contributed by atoms with E-state index in [9.17, 15) is 0 Å². The van der Waals surface area contributed by atoms with E-state index in [0.717, 1.165) is 46.6 Å². The van der Waals surface area contributed by atoms with Crippen LogP contribution in [0, 0.1) is 6.92 Å². The molecule has 158 valence electrons. The molecule has 1 aromatic carbocycles. The van der Waals surface area contributed by atoms with Gasteiger partial charge in [0.1, 0.15) is 29.3 Å². The van der Waals surface area contributed by atoms with Crippen molar-refractivity contribution in [1.82, 2.24) is 19.6 Å². The molecule has 7 heteroatoms. The van der Waals surface area contributed by atoms with Gasteiger partial charge >= 0.3 is 0 Å².